The molecule has 0 saturated carbocycles. The van der Waals surface area contributed by atoms with Crippen LogP contribution in [-0.4, -0.2) is 29.4 Å². The van der Waals surface area contributed by atoms with Gasteiger partial charge in [-0.1, -0.05) is 30.4 Å². The molecule has 2 heterocycles. The topological polar surface area (TPSA) is 94.3 Å². The van der Waals surface area contributed by atoms with E-state index < -0.39 is 5.91 Å². The van der Waals surface area contributed by atoms with E-state index in [0.29, 0.717) is 12.1 Å². The second kappa shape index (κ2) is 7.84. The summed E-state index contributed by atoms with van der Waals surface area (Å²) >= 11 is 0. The third kappa shape index (κ3) is 3.76. The Morgan fingerprint density at radius 2 is 2.14 bits per heavy atom. The Bertz CT molecular complexity index is 938. The number of nitrogens with two attached hydrogens (primary N) is 1. The summed E-state index contributed by atoms with van der Waals surface area (Å²) in [7, 11) is 0. The summed E-state index contributed by atoms with van der Waals surface area (Å²) < 4.78 is 6.16. The van der Waals surface area contributed by atoms with Crippen molar-refractivity contribution in [2.75, 3.05) is 6.54 Å². The zero-order valence-electron chi connectivity index (χ0n) is 15.6. The predicted octanol–water partition coefficient (Wildman–Crippen LogP) is 2.62. The van der Waals surface area contributed by atoms with Gasteiger partial charge in [-0.15, -0.1) is 0 Å². The van der Waals surface area contributed by atoms with Gasteiger partial charge in [0.15, 0.2) is 0 Å². The van der Waals surface area contributed by atoms with Gasteiger partial charge in [-0.05, 0) is 30.9 Å². The Morgan fingerprint density at radius 3 is 2.93 bits per heavy atom. The number of aromatic nitrogens is 1. The minimum atomic E-state index is -0.513. The maximum absolute atomic E-state index is 12.4. The predicted molar refractivity (Wildman–Crippen MR) is 106 cm³/mol. The quantitative estimate of drug-likeness (QED) is 0.783. The van der Waals surface area contributed by atoms with Crippen molar-refractivity contribution in [1.82, 2.24) is 10.3 Å². The maximum Gasteiger partial charge on any atom is 0.250 e. The maximum atomic E-state index is 12.4. The summed E-state index contributed by atoms with van der Waals surface area (Å²) in [6.07, 6.45) is 10.7. The van der Waals surface area contributed by atoms with E-state index in [0.717, 1.165) is 48.1 Å². The standard InChI is InChI=1S/C22H23N3O3/c23-21(26)17-9-16(11-24-12-17)19-8-4-7-15-10-18(28-20(15)19)13-25-22(27)14-5-2-1-3-6-14/h1-2,4,7-9,11-12,14,18H,3,5-6,10,13H2,(H2,23,26)(H,25,27). The Morgan fingerprint density at radius 1 is 1.25 bits per heavy atom. The number of carbonyl (C=O) groups is 2. The fraction of sp³-hybridized carbons (Fsp3) is 0.318. The van der Waals surface area contributed by atoms with Crippen molar-refractivity contribution in [2.24, 2.45) is 11.7 Å². The molecule has 3 N–H and O–H groups in total. The number of pyridine rings is 1. The SMILES string of the molecule is NC(=O)c1cncc(-c2cccc3c2OC(CNC(=O)C2CC=CCC2)C3)c1. The molecule has 0 spiro atoms. The lowest BCUT2D eigenvalue weighted by Crippen LogP contribution is -2.38. The molecular formula is C22H23N3O3. The molecule has 0 fully saturated rings. The molecule has 6 nitrogen and oxygen atoms in total. The molecule has 2 amide bonds. The highest BCUT2D eigenvalue weighted by atomic mass is 16.5. The second-order valence-corrected chi connectivity index (χ2v) is 7.29. The normalized spacial score (nSPS) is 20.3. The van der Waals surface area contributed by atoms with E-state index in [-0.39, 0.29) is 17.9 Å². The van der Waals surface area contributed by atoms with Crippen molar-refractivity contribution in [3.8, 4) is 16.9 Å². The van der Waals surface area contributed by atoms with Crippen LogP contribution >= 0.6 is 0 Å². The van der Waals surface area contributed by atoms with Gasteiger partial charge in [0, 0.05) is 35.9 Å². The summed E-state index contributed by atoms with van der Waals surface area (Å²) in [5, 5.41) is 3.04. The molecule has 4 rings (SSSR count). The zero-order chi connectivity index (χ0) is 19.5. The van der Waals surface area contributed by atoms with Crippen LogP contribution in [0.5, 0.6) is 5.75 Å². The number of amides is 2. The molecule has 0 radical (unpaired) electrons. The molecule has 144 valence electrons. The largest absolute Gasteiger partial charge is 0.487 e. The summed E-state index contributed by atoms with van der Waals surface area (Å²) in [5.74, 6) is 0.432. The molecule has 2 aromatic rings. The van der Waals surface area contributed by atoms with E-state index in [1.165, 1.54) is 6.20 Å². The van der Waals surface area contributed by atoms with Gasteiger partial charge in [0.1, 0.15) is 11.9 Å². The molecule has 6 heteroatoms. The molecule has 1 aromatic heterocycles. The van der Waals surface area contributed by atoms with E-state index in [4.69, 9.17) is 10.5 Å². The van der Waals surface area contributed by atoms with Crippen molar-refractivity contribution in [1.29, 1.82) is 0 Å². The lowest BCUT2D eigenvalue weighted by atomic mass is 9.93. The van der Waals surface area contributed by atoms with Crippen LogP contribution < -0.4 is 15.8 Å². The molecular weight excluding hydrogens is 354 g/mol. The second-order valence-electron chi connectivity index (χ2n) is 7.29. The van der Waals surface area contributed by atoms with Gasteiger partial charge in [0.05, 0.1) is 12.1 Å². The molecule has 1 aliphatic heterocycles. The smallest absolute Gasteiger partial charge is 0.250 e. The number of benzene rings is 1. The van der Waals surface area contributed by atoms with Crippen LogP contribution in [0.15, 0.2) is 48.8 Å². The number of rotatable bonds is 5. The van der Waals surface area contributed by atoms with Crippen molar-refractivity contribution in [3.63, 3.8) is 0 Å². The van der Waals surface area contributed by atoms with Crippen molar-refractivity contribution in [2.45, 2.75) is 31.8 Å². The summed E-state index contributed by atoms with van der Waals surface area (Å²) in [6.45, 7) is 0.479. The first-order valence-corrected chi connectivity index (χ1v) is 9.58. The average molecular weight is 377 g/mol. The molecule has 28 heavy (non-hydrogen) atoms. The van der Waals surface area contributed by atoms with Gasteiger partial charge >= 0.3 is 0 Å². The van der Waals surface area contributed by atoms with E-state index in [1.807, 2.05) is 18.2 Å². The Kier molecular flexibility index (Phi) is 5.10. The number of para-hydroxylation sites is 1. The summed E-state index contributed by atoms with van der Waals surface area (Å²) in [4.78, 5) is 27.9. The molecule has 2 unspecified atom stereocenters. The Hall–Kier alpha value is -3.15. The fourth-order valence-electron chi connectivity index (χ4n) is 3.79. The Labute approximate surface area is 163 Å². The molecule has 0 bridgehead atoms. The molecule has 1 aromatic carbocycles. The average Bonchev–Trinajstić information content (AvgIpc) is 3.16. The van der Waals surface area contributed by atoms with Crippen molar-refractivity contribution < 1.29 is 14.3 Å². The Balaban J connectivity index is 1.46. The molecule has 2 atom stereocenters. The summed E-state index contributed by atoms with van der Waals surface area (Å²) in [6, 6.07) is 7.65. The number of fused-ring (bicyclic) bond motifs is 1. The van der Waals surface area contributed by atoms with Crippen LogP contribution in [0.1, 0.15) is 35.2 Å². The number of allylic oxidation sites excluding steroid dienone is 2. The van der Waals surface area contributed by atoms with Gasteiger partial charge in [0.25, 0.3) is 0 Å². The van der Waals surface area contributed by atoms with E-state index in [1.54, 1.807) is 12.3 Å². The van der Waals surface area contributed by atoms with Crippen LogP contribution in [0.25, 0.3) is 11.1 Å². The number of carbonyl (C=O) groups excluding carboxylic acids is 2. The van der Waals surface area contributed by atoms with Gasteiger partial charge < -0.3 is 15.8 Å². The van der Waals surface area contributed by atoms with Gasteiger partial charge in [-0.25, -0.2) is 0 Å². The first-order chi connectivity index (χ1) is 13.6. The number of ether oxygens (including phenoxy) is 1. The van der Waals surface area contributed by atoms with Gasteiger partial charge in [0.2, 0.25) is 11.8 Å². The first-order valence-electron chi connectivity index (χ1n) is 9.58. The van der Waals surface area contributed by atoms with Gasteiger partial charge in [-0.2, -0.15) is 0 Å². The fourth-order valence-corrected chi connectivity index (χ4v) is 3.79. The first kappa shape index (κ1) is 18.2. The van der Waals surface area contributed by atoms with E-state index >= 15 is 0 Å². The summed E-state index contributed by atoms with van der Waals surface area (Å²) in [5.41, 5.74) is 8.47. The number of nitrogens with one attached hydrogen (secondary N) is 1. The van der Waals surface area contributed by atoms with Crippen LogP contribution in [0.2, 0.25) is 0 Å². The zero-order valence-corrected chi connectivity index (χ0v) is 15.6. The minimum Gasteiger partial charge on any atom is -0.487 e. The van der Waals surface area contributed by atoms with Gasteiger partial charge in [-0.3, -0.25) is 14.6 Å². The van der Waals surface area contributed by atoms with Crippen LogP contribution in [0.3, 0.4) is 0 Å². The lowest BCUT2D eigenvalue weighted by Gasteiger charge is -2.19. The van der Waals surface area contributed by atoms with Crippen LogP contribution in [0, 0.1) is 5.92 Å². The highest BCUT2D eigenvalue weighted by Crippen LogP contribution is 2.38. The molecule has 2 aliphatic rings. The third-order valence-electron chi connectivity index (χ3n) is 5.31. The number of primary amides is 1. The minimum absolute atomic E-state index is 0.0620. The highest BCUT2D eigenvalue weighted by Gasteiger charge is 2.27. The highest BCUT2D eigenvalue weighted by molar-refractivity contribution is 5.94. The van der Waals surface area contributed by atoms with Crippen molar-refractivity contribution in [3.05, 3.63) is 59.9 Å². The van der Waals surface area contributed by atoms with Crippen LogP contribution in [-0.2, 0) is 11.2 Å². The number of nitrogens with zero attached hydrogens (tertiary/aromatic N) is 1. The van der Waals surface area contributed by atoms with Crippen molar-refractivity contribution >= 4 is 11.8 Å². The molecule has 1 aliphatic carbocycles. The number of hydrogen-bond acceptors (Lipinski definition) is 4. The number of hydrogen-bond donors (Lipinski definition) is 2. The monoisotopic (exact) mass is 377 g/mol. The van der Waals surface area contributed by atoms with E-state index in [9.17, 15) is 9.59 Å². The third-order valence-corrected chi connectivity index (χ3v) is 5.31. The molecule has 0 saturated heterocycles. The van der Waals surface area contributed by atoms with E-state index in [2.05, 4.69) is 22.5 Å². The lowest BCUT2D eigenvalue weighted by molar-refractivity contribution is -0.125. The van der Waals surface area contributed by atoms with Crippen LogP contribution in [0.4, 0.5) is 0 Å².